The summed E-state index contributed by atoms with van der Waals surface area (Å²) in [6.07, 6.45) is 8.57. The third kappa shape index (κ3) is 3.68. The number of hydrogen-bond acceptors (Lipinski definition) is 1. The zero-order valence-corrected chi connectivity index (χ0v) is 9.55. The lowest BCUT2D eigenvalue weighted by atomic mass is 9.94. The average molecular weight is 183 g/mol. The van der Waals surface area contributed by atoms with Crippen LogP contribution in [0.1, 0.15) is 52.4 Å². The van der Waals surface area contributed by atoms with Crippen molar-refractivity contribution in [1.82, 2.24) is 4.90 Å². The van der Waals surface area contributed by atoms with Crippen LogP contribution in [0.15, 0.2) is 0 Å². The fourth-order valence-corrected chi connectivity index (χ4v) is 2.29. The topological polar surface area (TPSA) is 3.24 Å². The van der Waals surface area contributed by atoms with Gasteiger partial charge in [0.2, 0.25) is 0 Å². The largest absolute Gasteiger partial charge is 0.303 e. The maximum absolute atomic E-state index is 2.59. The molecule has 0 radical (unpaired) electrons. The molecule has 0 bridgehead atoms. The van der Waals surface area contributed by atoms with E-state index >= 15 is 0 Å². The number of nitrogens with zero attached hydrogens (tertiary/aromatic N) is 1. The quantitative estimate of drug-likeness (QED) is 0.646. The Balaban J connectivity index is 2.24. The Kier molecular flexibility index (Phi) is 4.79. The molecule has 0 amide bonds. The molecule has 1 saturated carbocycles. The number of rotatable bonds is 4. The van der Waals surface area contributed by atoms with Gasteiger partial charge in [-0.05, 0) is 25.8 Å². The summed E-state index contributed by atoms with van der Waals surface area (Å²) < 4.78 is 0. The van der Waals surface area contributed by atoms with Crippen molar-refractivity contribution >= 4 is 0 Å². The Hall–Kier alpha value is -0.0400. The molecule has 0 heterocycles. The van der Waals surface area contributed by atoms with Crippen molar-refractivity contribution in [3.05, 3.63) is 0 Å². The Morgan fingerprint density at radius 1 is 1.23 bits per heavy atom. The van der Waals surface area contributed by atoms with Crippen LogP contribution in [-0.4, -0.2) is 24.5 Å². The molecule has 1 nitrogen and oxygen atoms in total. The van der Waals surface area contributed by atoms with Crippen molar-refractivity contribution in [2.75, 3.05) is 13.6 Å². The van der Waals surface area contributed by atoms with E-state index < -0.39 is 0 Å². The van der Waals surface area contributed by atoms with Crippen molar-refractivity contribution in [2.24, 2.45) is 5.92 Å². The van der Waals surface area contributed by atoms with E-state index in [4.69, 9.17) is 0 Å². The molecule has 78 valence electrons. The SMILES string of the molecule is CCC(C)CN(C)C1CCCCC1. The summed E-state index contributed by atoms with van der Waals surface area (Å²) in [6.45, 7) is 5.94. The minimum absolute atomic E-state index is 0.868. The second-order valence-corrected chi connectivity index (χ2v) is 4.74. The van der Waals surface area contributed by atoms with E-state index in [1.54, 1.807) is 0 Å². The zero-order valence-electron chi connectivity index (χ0n) is 9.55. The van der Waals surface area contributed by atoms with Gasteiger partial charge >= 0.3 is 0 Å². The van der Waals surface area contributed by atoms with E-state index in [2.05, 4.69) is 25.8 Å². The summed E-state index contributed by atoms with van der Waals surface area (Å²) in [7, 11) is 2.31. The van der Waals surface area contributed by atoms with Crippen LogP contribution < -0.4 is 0 Å². The lowest BCUT2D eigenvalue weighted by Crippen LogP contribution is -2.36. The highest BCUT2D eigenvalue weighted by atomic mass is 15.1. The molecule has 1 aliphatic carbocycles. The highest BCUT2D eigenvalue weighted by Gasteiger charge is 2.18. The summed E-state index contributed by atoms with van der Waals surface area (Å²) in [4.78, 5) is 2.59. The minimum Gasteiger partial charge on any atom is -0.303 e. The summed E-state index contributed by atoms with van der Waals surface area (Å²) in [5.41, 5.74) is 0. The third-order valence-electron chi connectivity index (χ3n) is 3.49. The first-order valence-corrected chi connectivity index (χ1v) is 5.94. The molecule has 0 saturated heterocycles. The van der Waals surface area contributed by atoms with Crippen molar-refractivity contribution in [1.29, 1.82) is 0 Å². The first kappa shape index (κ1) is 11.0. The van der Waals surface area contributed by atoms with E-state index in [1.165, 1.54) is 45.1 Å². The molecule has 0 N–H and O–H groups in total. The zero-order chi connectivity index (χ0) is 9.68. The minimum atomic E-state index is 0.868. The summed E-state index contributed by atoms with van der Waals surface area (Å²) >= 11 is 0. The smallest absolute Gasteiger partial charge is 0.00923 e. The van der Waals surface area contributed by atoms with Gasteiger partial charge in [-0.2, -0.15) is 0 Å². The van der Waals surface area contributed by atoms with Crippen LogP contribution in [0.25, 0.3) is 0 Å². The van der Waals surface area contributed by atoms with Crippen LogP contribution in [0.3, 0.4) is 0 Å². The van der Waals surface area contributed by atoms with Gasteiger partial charge in [-0.1, -0.05) is 39.5 Å². The fraction of sp³-hybridized carbons (Fsp3) is 1.00. The van der Waals surface area contributed by atoms with E-state index in [0.717, 1.165) is 12.0 Å². The van der Waals surface area contributed by atoms with E-state index in [1.807, 2.05) is 0 Å². The van der Waals surface area contributed by atoms with Crippen molar-refractivity contribution < 1.29 is 0 Å². The van der Waals surface area contributed by atoms with Gasteiger partial charge in [0.1, 0.15) is 0 Å². The van der Waals surface area contributed by atoms with Gasteiger partial charge in [0, 0.05) is 12.6 Å². The molecule has 0 aromatic rings. The van der Waals surface area contributed by atoms with Crippen LogP contribution >= 0.6 is 0 Å². The van der Waals surface area contributed by atoms with Gasteiger partial charge < -0.3 is 4.90 Å². The van der Waals surface area contributed by atoms with Crippen LogP contribution in [0, 0.1) is 5.92 Å². The van der Waals surface area contributed by atoms with Gasteiger partial charge in [-0.15, -0.1) is 0 Å². The van der Waals surface area contributed by atoms with Gasteiger partial charge in [-0.3, -0.25) is 0 Å². The molecule has 0 spiro atoms. The Bertz CT molecular complexity index is 127. The second-order valence-electron chi connectivity index (χ2n) is 4.74. The van der Waals surface area contributed by atoms with Gasteiger partial charge in [0.25, 0.3) is 0 Å². The summed E-state index contributed by atoms with van der Waals surface area (Å²) in [5, 5.41) is 0. The Morgan fingerprint density at radius 3 is 2.38 bits per heavy atom. The molecule has 1 rings (SSSR count). The Morgan fingerprint density at radius 2 is 1.85 bits per heavy atom. The highest BCUT2D eigenvalue weighted by molar-refractivity contribution is 4.74. The van der Waals surface area contributed by atoms with Crippen molar-refractivity contribution in [3.8, 4) is 0 Å². The monoisotopic (exact) mass is 183 g/mol. The molecule has 1 atom stereocenters. The Labute approximate surface area is 83.5 Å². The predicted octanol–water partition coefficient (Wildman–Crippen LogP) is 3.30. The molecule has 1 fully saturated rings. The van der Waals surface area contributed by atoms with Crippen LogP contribution in [0.4, 0.5) is 0 Å². The summed E-state index contributed by atoms with van der Waals surface area (Å²) in [6, 6.07) is 0.891. The molecular weight excluding hydrogens is 158 g/mol. The molecule has 1 aliphatic rings. The normalized spacial score (nSPS) is 22.2. The maximum atomic E-state index is 2.59. The first-order chi connectivity index (χ1) is 6.24. The van der Waals surface area contributed by atoms with Crippen LogP contribution in [0.2, 0.25) is 0 Å². The van der Waals surface area contributed by atoms with E-state index in [0.29, 0.717) is 0 Å². The van der Waals surface area contributed by atoms with Crippen LogP contribution in [-0.2, 0) is 0 Å². The third-order valence-corrected chi connectivity index (χ3v) is 3.49. The van der Waals surface area contributed by atoms with Gasteiger partial charge in [0.05, 0.1) is 0 Å². The number of hydrogen-bond donors (Lipinski definition) is 0. The standard InChI is InChI=1S/C12H25N/c1-4-11(2)10-13(3)12-8-6-5-7-9-12/h11-12H,4-10H2,1-3H3. The molecule has 13 heavy (non-hydrogen) atoms. The molecule has 1 unspecified atom stereocenters. The maximum Gasteiger partial charge on any atom is 0.00923 e. The van der Waals surface area contributed by atoms with E-state index in [-0.39, 0.29) is 0 Å². The molecule has 0 aliphatic heterocycles. The molecule has 0 aromatic heterocycles. The first-order valence-electron chi connectivity index (χ1n) is 5.94. The lowest BCUT2D eigenvalue weighted by molar-refractivity contribution is 0.169. The second kappa shape index (κ2) is 5.64. The highest BCUT2D eigenvalue weighted by Crippen LogP contribution is 2.22. The van der Waals surface area contributed by atoms with Gasteiger partial charge in [-0.25, -0.2) is 0 Å². The molecule has 0 aromatic carbocycles. The van der Waals surface area contributed by atoms with Gasteiger partial charge in [0.15, 0.2) is 0 Å². The van der Waals surface area contributed by atoms with Crippen molar-refractivity contribution in [3.63, 3.8) is 0 Å². The van der Waals surface area contributed by atoms with E-state index in [9.17, 15) is 0 Å². The molecular formula is C12H25N. The average Bonchev–Trinajstić information content (AvgIpc) is 2.19. The fourth-order valence-electron chi connectivity index (χ4n) is 2.29. The van der Waals surface area contributed by atoms with Crippen LogP contribution in [0.5, 0.6) is 0 Å². The molecule has 1 heteroatoms. The predicted molar refractivity (Wildman–Crippen MR) is 59.0 cm³/mol. The lowest BCUT2D eigenvalue weighted by Gasteiger charge is -2.32. The summed E-state index contributed by atoms with van der Waals surface area (Å²) in [5.74, 6) is 0.868. The van der Waals surface area contributed by atoms with Crippen molar-refractivity contribution in [2.45, 2.75) is 58.4 Å².